The van der Waals surface area contributed by atoms with E-state index in [0.717, 1.165) is 31.2 Å². The molecular formula is C17H25N3O2. The van der Waals surface area contributed by atoms with Crippen molar-refractivity contribution in [1.29, 1.82) is 0 Å². The van der Waals surface area contributed by atoms with Crippen molar-refractivity contribution in [3.8, 4) is 0 Å². The first kappa shape index (κ1) is 16.3. The Kier molecular flexibility index (Phi) is 6.25. The molecule has 1 atom stereocenters. The molecular weight excluding hydrogens is 278 g/mol. The van der Waals surface area contributed by atoms with Gasteiger partial charge in [0, 0.05) is 12.5 Å². The second-order valence-corrected chi connectivity index (χ2v) is 5.95. The fourth-order valence-corrected chi connectivity index (χ4v) is 2.96. The topological polar surface area (TPSA) is 84.2 Å². The lowest BCUT2D eigenvalue weighted by molar-refractivity contribution is -0.123. The summed E-state index contributed by atoms with van der Waals surface area (Å²) in [6, 6.07) is 8.55. The summed E-state index contributed by atoms with van der Waals surface area (Å²) >= 11 is 0. The van der Waals surface area contributed by atoms with Crippen LogP contribution >= 0.6 is 0 Å². The van der Waals surface area contributed by atoms with E-state index in [4.69, 9.17) is 5.73 Å². The predicted octanol–water partition coefficient (Wildman–Crippen LogP) is 2.10. The third-order valence-corrected chi connectivity index (χ3v) is 4.12. The molecule has 0 heterocycles. The van der Waals surface area contributed by atoms with Gasteiger partial charge in [-0.25, -0.2) is 4.79 Å². The SMILES string of the molecule is NC(=O)NC(Cc1ccccc1)C(=O)NC1CCCCCC1. The summed E-state index contributed by atoms with van der Waals surface area (Å²) in [5.74, 6) is -0.144. The van der Waals surface area contributed by atoms with Crippen molar-refractivity contribution in [3.05, 3.63) is 35.9 Å². The van der Waals surface area contributed by atoms with E-state index >= 15 is 0 Å². The number of hydrogen-bond acceptors (Lipinski definition) is 2. The van der Waals surface area contributed by atoms with Crippen LogP contribution in [0, 0.1) is 0 Å². The quantitative estimate of drug-likeness (QED) is 0.728. The van der Waals surface area contributed by atoms with Crippen LogP contribution in [0.5, 0.6) is 0 Å². The lowest BCUT2D eigenvalue weighted by Crippen LogP contribution is -2.52. The Balaban J connectivity index is 1.97. The molecule has 1 saturated carbocycles. The van der Waals surface area contributed by atoms with E-state index in [1.54, 1.807) is 0 Å². The number of carbonyl (C=O) groups excluding carboxylic acids is 2. The van der Waals surface area contributed by atoms with E-state index in [1.807, 2.05) is 30.3 Å². The van der Waals surface area contributed by atoms with Gasteiger partial charge in [0.2, 0.25) is 5.91 Å². The normalized spacial score (nSPS) is 17.3. The summed E-state index contributed by atoms with van der Waals surface area (Å²) in [4.78, 5) is 23.7. The summed E-state index contributed by atoms with van der Waals surface area (Å²) < 4.78 is 0. The van der Waals surface area contributed by atoms with E-state index in [1.165, 1.54) is 12.8 Å². The molecule has 0 saturated heterocycles. The van der Waals surface area contributed by atoms with Crippen molar-refractivity contribution >= 4 is 11.9 Å². The zero-order valence-electron chi connectivity index (χ0n) is 12.9. The van der Waals surface area contributed by atoms with Crippen LogP contribution in [0.4, 0.5) is 4.79 Å². The highest BCUT2D eigenvalue weighted by atomic mass is 16.2. The number of hydrogen-bond donors (Lipinski definition) is 3. The average molecular weight is 303 g/mol. The van der Waals surface area contributed by atoms with Crippen molar-refractivity contribution in [2.75, 3.05) is 0 Å². The molecule has 22 heavy (non-hydrogen) atoms. The number of benzene rings is 1. The first-order valence-corrected chi connectivity index (χ1v) is 8.05. The Morgan fingerprint density at radius 3 is 2.32 bits per heavy atom. The maximum atomic E-state index is 12.5. The molecule has 2 rings (SSSR count). The van der Waals surface area contributed by atoms with E-state index < -0.39 is 12.1 Å². The number of rotatable bonds is 5. The first-order chi connectivity index (χ1) is 10.6. The van der Waals surface area contributed by atoms with Gasteiger partial charge in [0.05, 0.1) is 0 Å². The number of urea groups is 1. The molecule has 0 aliphatic heterocycles. The summed E-state index contributed by atoms with van der Waals surface area (Å²) in [5, 5.41) is 5.64. The first-order valence-electron chi connectivity index (χ1n) is 8.05. The molecule has 1 aromatic rings. The van der Waals surface area contributed by atoms with Crippen molar-refractivity contribution in [3.63, 3.8) is 0 Å². The van der Waals surface area contributed by atoms with Gasteiger partial charge in [-0.15, -0.1) is 0 Å². The van der Waals surface area contributed by atoms with E-state index in [2.05, 4.69) is 10.6 Å². The molecule has 0 radical (unpaired) electrons. The minimum Gasteiger partial charge on any atom is -0.352 e. The van der Waals surface area contributed by atoms with Gasteiger partial charge in [0.15, 0.2) is 0 Å². The number of nitrogens with one attached hydrogen (secondary N) is 2. The second kappa shape index (κ2) is 8.41. The van der Waals surface area contributed by atoms with Crippen LogP contribution < -0.4 is 16.4 Å². The van der Waals surface area contributed by atoms with Crippen molar-refractivity contribution < 1.29 is 9.59 Å². The average Bonchev–Trinajstić information content (AvgIpc) is 2.76. The molecule has 4 N–H and O–H groups in total. The summed E-state index contributed by atoms with van der Waals surface area (Å²) in [6.07, 6.45) is 7.25. The van der Waals surface area contributed by atoms with Crippen molar-refractivity contribution in [2.24, 2.45) is 5.73 Å². The highest BCUT2D eigenvalue weighted by molar-refractivity contribution is 5.87. The third-order valence-electron chi connectivity index (χ3n) is 4.12. The number of primary amides is 1. The van der Waals surface area contributed by atoms with Crippen LogP contribution in [0.2, 0.25) is 0 Å². The monoisotopic (exact) mass is 303 g/mol. The largest absolute Gasteiger partial charge is 0.352 e. The molecule has 1 unspecified atom stereocenters. The highest BCUT2D eigenvalue weighted by Gasteiger charge is 2.23. The summed E-state index contributed by atoms with van der Waals surface area (Å²) in [6.45, 7) is 0. The molecule has 0 bridgehead atoms. The Hall–Kier alpha value is -2.04. The molecule has 1 aromatic carbocycles. The Bertz CT molecular complexity index is 482. The molecule has 1 fully saturated rings. The molecule has 0 aromatic heterocycles. The van der Waals surface area contributed by atoms with E-state index in [0.29, 0.717) is 6.42 Å². The fraction of sp³-hybridized carbons (Fsp3) is 0.529. The lowest BCUT2D eigenvalue weighted by atomic mass is 10.0. The number of carbonyl (C=O) groups is 2. The van der Waals surface area contributed by atoms with Gasteiger partial charge in [-0.1, -0.05) is 56.0 Å². The maximum absolute atomic E-state index is 12.5. The molecule has 1 aliphatic rings. The van der Waals surface area contributed by atoms with Crippen LogP contribution in [0.25, 0.3) is 0 Å². The van der Waals surface area contributed by atoms with E-state index in [-0.39, 0.29) is 11.9 Å². The zero-order valence-corrected chi connectivity index (χ0v) is 12.9. The number of amides is 3. The van der Waals surface area contributed by atoms with Crippen LogP contribution in [-0.2, 0) is 11.2 Å². The minimum atomic E-state index is -0.669. The second-order valence-electron chi connectivity index (χ2n) is 5.95. The summed E-state index contributed by atoms with van der Waals surface area (Å²) in [5.41, 5.74) is 6.21. The fourth-order valence-electron chi connectivity index (χ4n) is 2.96. The van der Waals surface area contributed by atoms with Gasteiger partial charge in [-0.3, -0.25) is 4.79 Å². The predicted molar refractivity (Wildman–Crippen MR) is 86.3 cm³/mol. The zero-order chi connectivity index (χ0) is 15.8. The van der Waals surface area contributed by atoms with Crippen LogP contribution in [0.15, 0.2) is 30.3 Å². The van der Waals surface area contributed by atoms with Gasteiger partial charge < -0.3 is 16.4 Å². The standard InChI is InChI=1S/C17H25N3O2/c18-17(22)20-15(12-13-8-4-3-5-9-13)16(21)19-14-10-6-1-2-7-11-14/h3-5,8-9,14-15H,1-2,6-7,10-12H2,(H,19,21)(H3,18,20,22). The van der Waals surface area contributed by atoms with Gasteiger partial charge in [0.25, 0.3) is 0 Å². The smallest absolute Gasteiger partial charge is 0.312 e. The Morgan fingerprint density at radius 2 is 1.73 bits per heavy atom. The highest BCUT2D eigenvalue weighted by Crippen LogP contribution is 2.17. The number of nitrogens with two attached hydrogens (primary N) is 1. The third kappa shape index (κ3) is 5.39. The molecule has 120 valence electrons. The maximum Gasteiger partial charge on any atom is 0.312 e. The molecule has 1 aliphatic carbocycles. The van der Waals surface area contributed by atoms with Gasteiger partial charge in [-0.2, -0.15) is 0 Å². The molecule has 3 amide bonds. The van der Waals surface area contributed by atoms with Crippen molar-refractivity contribution in [1.82, 2.24) is 10.6 Å². The minimum absolute atomic E-state index is 0.144. The molecule has 5 nitrogen and oxygen atoms in total. The van der Waals surface area contributed by atoms with Crippen LogP contribution in [0.1, 0.15) is 44.1 Å². The van der Waals surface area contributed by atoms with Crippen molar-refractivity contribution in [2.45, 2.75) is 57.0 Å². The van der Waals surface area contributed by atoms with E-state index in [9.17, 15) is 9.59 Å². The van der Waals surface area contributed by atoms with Gasteiger partial charge in [0.1, 0.15) is 6.04 Å². The molecule has 0 spiro atoms. The van der Waals surface area contributed by atoms with Gasteiger partial charge >= 0.3 is 6.03 Å². The lowest BCUT2D eigenvalue weighted by Gasteiger charge is -2.22. The van der Waals surface area contributed by atoms with Gasteiger partial charge in [-0.05, 0) is 18.4 Å². The van der Waals surface area contributed by atoms with Crippen LogP contribution in [0.3, 0.4) is 0 Å². The Labute approximate surface area is 131 Å². The molecule has 5 heteroatoms. The van der Waals surface area contributed by atoms with Crippen LogP contribution in [-0.4, -0.2) is 24.0 Å². The Morgan fingerprint density at radius 1 is 1.09 bits per heavy atom. The summed E-state index contributed by atoms with van der Waals surface area (Å²) in [7, 11) is 0.